The molecule has 2 aromatic carbocycles. The van der Waals surface area contributed by atoms with E-state index in [0.717, 1.165) is 6.42 Å². The highest BCUT2D eigenvalue weighted by Crippen LogP contribution is 2.22. The van der Waals surface area contributed by atoms with E-state index in [1.165, 1.54) is 27.6 Å². The van der Waals surface area contributed by atoms with Crippen LogP contribution in [0.2, 0.25) is 0 Å². The molecule has 0 bridgehead atoms. The molecular weight excluding hydrogens is 218 g/mol. The first-order chi connectivity index (χ1) is 8.74. The van der Waals surface area contributed by atoms with Gasteiger partial charge in [-0.25, -0.2) is 0 Å². The Morgan fingerprint density at radius 2 is 1.72 bits per heavy atom. The van der Waals surface area contributed by atoms with Crippen molar-refractivity contribution in [3.63, 3.8) is 0 Å². The Balaban J connectivity index is 2.02. The van der Waals surface area contributed by atoms with Crippen molar-refractivity contribution in [2.75, 3.05) is 0 Å². The van der Waals surface area contributed by atoms with E-state index in [1.54, 1.807) is 0 Å². The van der Waals surface area contributed by atoms with Gasteiger partial charge in [-0.05, 0) is 24.1 Å². The van der Waals surface area contributed by atoms with Crippen molar-refractivity contribution in [3.8, 4) is 0 Å². The fourth-order valence-electron chi connectivity index (χ4n) is 2.39. The van der Waals surface area contributed by atoms with E-state index in [-0.39, 0.29) is 0 Å². The molecule has 0 saturated heterocycles. The van der Waals surface area contributed by atoms with Crippen LogP contribution in [0.25, 0.3) is 10.9 Å². The standard InChI is InChI=1S/C17H16N/c1-13-7-9-14(10-8-13)11-15-12-18(2)17-6-4-3-5-16(15)17/h3-10H,11H2,1-2H3. The van der Waals surface area contributed by atoms with E-state index in [2.05, 4.69) is 73.3 Å². The summed E-state index contributed by atoms with van der Waals surface area (Å²) in [6, 6.07) is 17.2. The number of fused-ring (bicyclic) bond motifs is 1. The van der Waals surface area contributed by atoms with Crippen LogP contribution in [0.4, 0.5) is 0 Å². The van der Waals surface area contributed by atoms with E-state index >= 15 is 0 Å². The topological polar surface area (TPSA) is 4.93 Å². The van der Waals surface area contributed by atoms with Gasteiger partial charge in [0.05, 0.1) is 6.20 Å². The molecule has 1 heterocycles. The number of aromatic nitrogens is 1. The molecule has 0 aliphatic carbocycles. The molecule has 1 radical (unpaired) electrons. The van der Waals surface area contributed by atoms with Crippen LogP contribution in [-0.2, 0) is 13.5 Å². The Hall–Kier alpha value is -2.02. The number of hydrogen-bond donors (Lipinski definition) is 0. The average Bonchev–Trinajstić information content (AvgIpc) is 2.70. The zero-order valence-corrected chi connectivity index (χ0v) is 10.8. The van der Waals surface area contributed by atoms with Gasteiger partial charge >= 0.3 is 0 Å². The molecular formula is C17H16N. The van der Waals surface area contributed by atoms with Gasteiger partial charge in [0.2, 0.25) is 0 Å². The molecule has 0 fully saturated rings. The molecule has 1 heteroatoms. The summed E-state index contributed by atoms with van der Waals surface area (Å²) in [6.45, 7) is 2.12. The van der Waals surface area contributed by atoms with Gasteiger partial charge in [-0.1, -0.05) is 48.0 Å². The van der Waals surface area contributed by atoms with Crippen LogP contribution in [-0.4, -0.2) is 4.57 Å². The molecule has 3 aromatic rings. The lowest BCUT2D eigenvalue weighted by Crippen LogP contribution is -1.87. The molecule has 0 amide bonds. The smallest absolute Gasteiger partial charge is 0.0695 e. The highest BCUT2D eigenvalue weighted by atomic mass is 14.9. The Kier molecular flexibility index (Phi) is 2.67. The fourth-order valence-corrected chi connectivity index (χ4v) is 2.39. The van der Waals surface area contributed by atoms with Gasteiger partial charge in [0.1, 0.15) is 0 Å². The molecule has 0 aliphatic rings. The highest BCUT2D eigenvalue weighted by molar-refractivity contribution is 5.83. The number of aryl methyl sites for hydroxylation is 2. The summed E-state index contributed by atoms with van der Waals surface area (Å²) in [5.74, 6) is 0. The van der Waals surface area contributed by atoms with E-state index in [0.29, 0.717) is 0 Å². The molecule has 1 nitrogen and oxygen atoms in total. The van der Waals surface area contributed by atoms with Crippen molar-refractivity contribution >= 4 is 10.9 Å². The van der Waals surface area contributed by atoms with Crippen molar-refractivity contribution in [2.45, 2.75) is 13.3 Å². The third-order valence-electron chi connectivity index (χ3n) is 3.39. The summed E-state index contributed by atoms with van der Waals surface area (Å²) >= 11 is 0. The summed E-state index contributed by atoms with van der Waals surface area (Å²) in [5, 5.41) is 1.31. The first-order valence-electron chi connectivity index (χ1n) is 6.25. The van der Waals surface area contributed by atoms with Gasteiger partial charge in [0.15, 0.2) is 0 Å². The van der Waals surface area contributed by atoms with Crippen molar-refractivity contribution in [1.82, 2.24) is 4.57 Å². The Labute approximate surface area is 108 Å². The summed E-state index contributed by atoms with van der Waals surface area (Å²) in [6.07, 6.45) is 4.38. The maximum Gasteiger partial charge on any atom is 0.0695 e. The van der Waals surface area contributed by atoms with Crippen molar-refractivity contribution in [1.29, 1.82) is 0 Å². The summed E-state index contributed by atoms with van der Waals surface area (Å²) in [7, 11) is 2.06. The molecule has 3 rings (SSSR count). The van der Waals surface area contributed by atoms with Crippen LogP contribution in [0.1, 0.15) is 16.7 Å². The Bertz CT molecular complexity index is 674. The van der Waals surface area contributed by atoms with Crippen LogP contribution in [0, 0.1) is 13.1 Å². The first kappa shape index (κ1) is 11.1. The minimum Gasteiger partial charge on any atom is -0.342 e. The molecule has 89 valence electrons. The summed E-state index contributed by atoms with van der Waals surface area (Å²) < 4.78 is 2.08. The monoisotopic (exact) mass is 234 g/mol. The predicted octanol–water partition coefficient (Wildman–Crippen LogP) is 3.88. The minimum absolute atomic E-state index is 0.946. The fraction of sp³-hybridized carbons (Fsp3) is 0.176. The van der Waals surface area contributed by atoms with Gasteiger partial charge in [0, 0.05) is 24.4 Å². The molecule has 1 aromatic heterocycles. The molecule has 0 unspecified atom stereocenters. The van der Waals surface area contributed by atoms with E-state index in [1.807, 2.05) is 0 Å². The highest BCUT2D eigenvalue weighted by Gasteiger charge is 2.06. The lowest BCUT2D eigenvalue weighted by molar-refractivity contribution is 0.947. The minimum atomic E-state index is 0.946. The SMILES string of the molecule is Cc1ccc(Cc2[c]n(C)c3ccccc23)cc1. The third kappa shape index (κ3) is 1.92. The number of hydrogen-bond acceptors (Lipinski definition) is 0. The van der Waals surface area contributed by atoms with Crippen molar-refractivity contribution < 1.29 is 0 Å². The maximum absolute atomic E-state index is 3.43. The Morgan fingerprint density at radius 3 is 2.50 bits per heavy atom. The predicted molar refractivity (Wildman–Crippen MR) is 75.7 cm³/mol. The summed E-state index contributed by atoms with van der Waals surface area (Å²) in [4.78, 5) is 0. The van der Waals surface area contributed by atoms with Crippen LogP contribution in [0.15, 0.2) is 48.5 Å². The van der Waals surface area contributed by atoms with Gasteiger partial charge in [-0.2, -0.15) is 0 Å². The van der Waals surface area contributed by atoms with Crippen molar-refractivity contribution in [2.24, 2.45) is 7.05 Å². The van der Waals surface area contributed by atoms with E-state index < -0.39 is 0 Å². The van der Waals surface area contributed by atoms with Crippen LogP contribution >= 0.6 is 0 Å². The normalized spacial score (nSPS) is 11.0. The van der Waals surface area contributed by atoms with E-state index in [9.17, 15) is 0 Å². The van der Waals surface area contributed by atoms with Gasteiger partial charge in [0.25, 0.3) is 0 Å². The first-order valence-corrected chi connectivity index (χ1v) is 6.25. The Morgan fingerprint density at radius 1 is 1.00 bits per heavy atom. The second kappa shape index (κ2) is 4.34. The van der Waals surface area contributed by atoms with Gasteiger partial charge in [-0.15, -0.1) is 0 Å². The molecule has 0 atom stereocenters. The second-order valence-electron chi connectivity index (χ2n) is 4.83. The molecule has 0 N–H and O–H groups in total. The molecule has 0 spiro atoms. The molecule has 0 saturated carbocycles. The number of rotatable bonds is 2. The summed E-state index contributed by atoms with van der Waals surface area (Å²) in [5.41, 5.74) is 5.17. The second-order valence-corrected chi connectivity index (χ2v) is 4.83. The van der Waals surface area contributed by atoms with Crippen LogP contribution in [0.3, 0.4) is 0 Å². The maximum atomic E-state index is 3.43. The largest absolute Gasteiger partial charge is 0.342 e. The molecule has 0 aliphatic heterocycles. The number of nitrogens with zero attached hydrogens (tertiary/aromatic N) is 1. The van der Waals surface area contributed by atoms with E-state index in [4.69, 9.17) is 0 Å². The zero-order chi connectivity index (χ0) is 12.5. The lowest BCUT2D eigenvalue weighted by Gasteiger charge is -2.00. The van der Waals surface area contributed by atoms with Gasteiger partial charge < -0.3 is 4.57 Å². The lowest BCUT2D eigenvalue weighted by atomic mass is 10.0. The molecule has 18 heavy (non-hydrogen) atoms. The zero-order valence-electron chi connectivity index (χ0n) is 10.8. The average molecular weight is 234 g/mol. The van der Waals surface area contributed by atoms with Crippen LogP contribution < -0.4 is 0 Å². The quantitative estimate of drug-likeness (QED) is 0.634. The number of para-hydroxylation sites is 1. The number of benzene rings is 2. The third-order valence-corrected chi connectivity index (χ3v) is 3.39. The van der Waals surface area contributed by atoms with Crippen LogP contribution in [0.5, 0.6) is 0 Å². The van der Waals surface area contributed by atoms with Crippen molar-refractivity contribution in [3.05, 3.63) is 71.4 Å². The van der Waals surface area contributed by atoms with Gasteiger partial charge in [-0.3, -0.25) is 0 Å².